The number of amides is 1. The monoisotopic (exact) mass is 279 g/mol. The number of nitrogens with zero attached hydrogens (tertiary/aromatic N) is 1. The van der Waals surface area contributed by atoms with Gasteiger partial charge in [0.1, 0.15) is 0 Å². The van der Waals surface area contributed by atoms with Gasteiger partial charge in [-0.05, 0) is 12.0 Å². The van der Waals surface area contributed by atoms with Crippen molar-refractivity contribution < 1.29 is 19.4 Å². The van der Waals surface area contributed by atoms with E-state index in [4.69, 9.17) is 9.84 Å². The first-order valence-electron chi connectivity index (χ1n) is 6.67. The second-order valence-electron chi connectivity index (χ2n) is 4.60. The molecule has 0 heterocycles. The molecule has 0 aliphatic carbocycles. The Bertz CT molecular complexity index is 419. The van der Waals surface area contributed by atoms with Gasteiger partial charge in [0.25, 0.3) is 0 Å². The third kappa shape index (κ3) is 6.89. The van der Waals surface area contributed by atoms with Crippen molar-refractivity contribution >= 4 is 11.9 Å². The largest absolute Gasteiger partial charge is 0.481 e. The summed E-state index contributed by atoms with van der Waals surface area (Å²) in [4.78, 5) is 23.7. The topological polar surface area (TPSA) is 66.8 Å². The molecule has 5 heteroatoms. The van der Waals surface area contributed by atoms with Gasteiger partial charge < -0.3 is 14.7 Å². The van der Waals surface area contributed by atoms with E-state index in [-0.39, 0.29) is 12.3 Å². The average molecular weight is 279 g/mol. The molecule has 0 spiro atoms. The molecule has 0 unspecified atom stereocenters. The molecule has 5 nitrogen and oxygen atoms in total. The molecule has 1 N–H and O–H groups in total. The number of benzene rings is 1. The number of aliphatic carboxylic acids is 1. The average Bonchev–Trinajstić information content (AvgIpc) is 2.44. The Balaban J connectivity index is 2.11. The fourth-order valence-corrected chi connectivity index (χ4v) is 1.71. The van der Waals surface area contributed by atoms with Crippen LogP contribution in [-0.2, 0) is 20.9 Å². The van der Waals surface area contributed by atoms with E-state index in [0.29, 0.717) is 32.6 Å². The zero-order valence-electron chi connectivity index (χ0n) is 11.7. The normalized spacial score (nSPS) is 10.2. The lowest BCUT2D eigenvalue weighted by Gasteiger charge is -2.16. The number of carbonyl (C=O) groups is 2. The van der Waals surface area contributed by atoms with Crippen LogP contribution < -0.4 is 0 Å². The smallest absolute Gasteiger partial charge is 0.303 e. The Hall–Kier alpha value is -1.88. The van der Waals surface area contributed by atoms with Crippen molar-refractivity contribution in [2.45, 2.75) is 25.9 Å². The minimum atomic E-state index is -0.836. The van der Waals surface area contributed by atoms with Crippen LogP contribution in [0.3, 0.4) is 0 Å². The predicted octanol–water partition coefficient (Wildman–Crippen LogP) is 1.92. The van der Waals surface area contributed by atoms with Crippen LogP contribution >= 0.6 is 0 Å². The van der Waals surface area contributed by atoms with E-state index in [0.717, 1.165) is 5.56 Å². The molecule has 0 bridgehead atoms. The minimum absolute atomic E-state index is 0.0246. The lowest BCUT2D eigenvalue weighted by atomic mass is 10.2. The highest BCUT2D eigenvalue weighted by Crippen LogP contribution is 2.02. The van der Waals surface area contributed by atoms with Crippen LogP contribution in [0.15, 0.2) is 30.3 Å². The predicted molar refractivity (Wildman–Crippen MR) is 75.2 cm³/mol. The van der Waals surface area contributed by atoms with E-state index in [1.807, 2.05) is 30.3 Å². The van der Waals surface area contributed by atoms with Gasteiger partial charge in [-0.25, -0.2) is 0 Å². The van der Waals surface area contributed by atoms with Crippen LogP contribution in [0.1, 0.15) is 24.8 Å². The summed E-state index contributed by atoms with van der Waals surface area (Å²) in [5.41, 5.74) is 1.08. The van der Waals surface area contributed by atoms with Crippen molar-refractivity contribution in [1.82, 2.24) is 4.90 Å². The van der Waals surface area contributed by atoms with Crippen LogP contribution in [0.4, 0.5) is 0 Å². The number of hydrogen-bond donors (Lipinski definition) is 1. The molecule has 0 atom stereocenters. The Morgan fingerprint density at radius 3 is 2.55 bits per heavy atom. The first-order chi connectivity index (χ1) is 9.59. The Morgan fingerprint density at radius 2 is 1.90 bits per heavy atom. The Kier molecular flexibility index (Phi) is 7.35. The number of carboxylic acids is 1. The molecule has 0 saturated carbocycles. The van der Waals surface area contributed by atoms with Gasteiger partial charge in [-0.2, -0.15) is 0 Å². The summed E-state index contributed by atoms with van der Waals surface area (Å²) in [7, 11) is 1.68. The lowest BCUT2D eigenvalue weighted by Crippen LogP contribution is -2.28. The number of carbonyl (C=O) groups excluding carboxylic acids is 1. The SMILES string of the molecule is CN(CCCC(=O)O)C(=O)CCOCc1ccccc1. The zero-order valence-corrected chi connectivity index (χ0v) is 11.7. The summed E-state index contributed by atoms with van der Waals surface area (Å²) in [6, 6.07) is 9.78. The second kappa shape index (κ2) is 9.09. The highest BCUT2D eigenvalue weighted by Gasteiger charge is 2.08. The third-order valence-corrected chi connectivity index (χ3v) is 2.88. The fourth-order valence-electron chi connectivity index (χ4n) is 1.71. The molecule has 1 rings (SSSR count). The van der Waals surface area contributed by atoms with Crippen LogP contribution in [0, 0.1) is 0 Å². The first-order valence-corrected chi connectivity index (χ1v) is 6.67. The van der Waals surface area contributed by atoms with Crippen molar-refractivity contribution in [2.24, 2.45) is 0 Å². The summed E-state index contributed by atoms with van der Waals surface area (Å²) in [6.07, 6.45) is 0.876. The summed E-state index contributed by atoms with van der Waals surface area (Å²) in [5.74, 6) is -0.861. The van der Waals surface area contributed by atoms with Crippen molar-refractivity contribution in [3.05, 3.63) is 35.9 Å². The second-order valence-corrected chi connectivity index (χ2v) is 4.60. The van der Waals surface area contributed by atoms with Gasteiger partial charge in [0.05, 0.1) is 19.6 Å². The van der Waals surface area contributed by atoms with E-state index in [1.165, 1.54) is 0 Å². The van der Waals surface area contributed by atoms with E-state index < -0.39 is 5.97 Å². The molecule has 0 aromatic heterocycles. The van der Waals surface area contributed by atoms with Gasteiger partial charge in [0.15, 0.2) is 0 Å². The van der Waals surface area contributed by atoms with Gasteiger partial charge in [-0.3, -0.25) is 9.59 Å². The van der Waals surface area contributed by atoms with Gasteiger partial charge in [-0.15, -0.1) is 0 Å². The number of carboxylic acid groups (broad SMARTS) is 1. The Labute approximate surface area is 119 Å². The van der Waals surface area contributed by atoms with Crippen LogP contribution in [0.25, 0.3) is 0 Å². The van der Waals surface area contributed by atoms with E-state index in [1.54, 1.807) is 11.9 Å². The van der Waals surface area contributed by atoms with Gasteiger partial charge in [0, 0.05) is 20.0 Å². The number of ether oxygens (including phenoxy) is 1. The van der Waals surface area contributed by atoms with Crippen LogP contribution in [-0.4, -0.2) is 42.1 Å². The maximum absolute atomic E-state index is 11.7. The number of rotatable bonds is 9. The summed E-state index contributed by atoms with van der Waals surface area (Å²) in [5, 5.41) is 8.52. The summed E-state index contributed by atoms with van der Waals surface area (Å²) >= 11 is 0. The molecule has 0 saturated heterocycles. The maximum Gasteiger partial charge on any atom is 0.303 e. The Morgan fingerprint density at radius 1 is 1.20 bits per heavy atom. The van der Waals surface area contributed by atoms with Crippen molar-refractivity contribution in [3.63, 3.8) is 0 Å². The zero-order chi connectivity index (χ0) is 14.8. The van der Waals surface area contributed by atoms with Gasteiger partial charge >= 0.3 is 5.97 Å². The molecule has 1 aromatic carbocycles. The van der Waals surface area contributed by atoms with Gasteiger partial charge in [-0.1, -0.05) is 30.3 Å². The standard InChI is InChI=1S/C15H21NO4/c1-16(10-5-8-15(18)19)14(17)9-11-20-12-13-6-3-2-4-7-13/h2-4,6-7H,5,8-12H2,1H3,(H,18,19). The highest BCUT2D eigenvalue weighted by molar-refractivity contribution is 5.76. The number of hydrogen-bond acceptors (Lipinski definition) is 3. The summed E-state index contributed by atoms with van der Waals surface area (Å²) < 4.78 is 5.44. The van der Waals surface area contributed by atoms with Crippen LogP contribution in [0.2, 0.25) is 0 Å². The van der Waals surface area contributed by atoms with E-state index in [2.05, 4.69) is 0 Å². The molecule has 0 aliphatic rings. The van der Waals surface area contributed by atoms with Crippen LogP contribution in [0.5, 0.6) is 0 Å². The van der Waals surface area contributed by atoms with Crippen molar-refractivity contribution in [3.8, 4) is 0 Å². The molecule has 20 heavy (non-hydrogen) atoms. The molecule has 0 fully saturated rings. The van der Waals surface area contributed by atoms with Crippen molar-refractivity contribution in [2.75, 3.05) is 20.2 Å². The highest BCUT2D eigenvalue weighted by atomic mass is 16.5. The first kappa shape index (κ1) is 16.2. The molecule has 110 valence electrons. The molecule has 1 aromatic rings. The van der Waals surface area contributed by atoms with Crippen molar-refractivity contribution in [1.29, 1.82) is 0 Å². The third-order valence-electron chi connectivity index (χ3n) is 2.88. The van der Waals surface area contributed by atoms with Gasteiger partial charge in [0.2, 0.25) is 5.91 Å². The molecule has 0 aliphatic heterocycles. The molecule has 0 radical (unpaired) electrons. The maximum atomic E-state index is 11.7. The minimum Gasteiger partial charge on any atom is -0.481 e. The molecule has 1 amide bonds. The lowest BCUT2D eigenvalue weighted by molar-refractivity contribution is -0.138. The van der Waals surface area contributed by atoms with E-state index >= 15 is 0 Å². The molecular formula is C15H21NO4. The fraction of sp³-hybridized carbons (Fsp3) is 0.467. The quantitative estimate of drug-likeness (QED) is 0.701. The summed E-state index contributed by atoms with van der Waals surface area (Å²) in [6.45, 7) is 1.33. The van der Waals surface area contributed by atoms with E-state index in [9.17, 15) is 9.59 Å². The molecular weight excluding hydrogens is 258 g/mol.